The first-order valence-electron chi connectivity index (χ1n) is 8.11. The van der Waals surface area contributed by atoms with E-state index < -0.39 is 0 Å². The molecule has 1 fully saturated rings. The van der Waals surface area contributed by atoms with Crippen LogP contribution in [0.5, 0.6) is 0 Å². The SMILES string of the molecule is Cc1ccccc1CN1CCC(NC(=O)CNC(=O)CN)CC1.Cl.Cl. The summed E-state index contributed by atoms with van der Waals surface area (Å²) < 4.78 is 0. The highest BCUT2D eigenvalue weighted by Crippen LogP contribution is 2.16. The summed E-state index contributed by atoms with van der Waals surface area (Å²) in [6, 6.07) is 8.63. The van der Waals surface area contributed by atoms with Crippen molar-refractivity contribution in [3.05, 3.63) is 35.4 Å². The number of nitrogens with two attached hydrogens (primary N) is 1. The summed E-state index contributed by atoms with van der Waals surface area (Å²) in [5.41, 5.74) is 7.86. The fourth-order valence-corrected chi connectivity index (χ4v) is 2.79. The standard InChI is InChI=1S/C17H26N4O2.2ClH/c1-13-4-2-3-5-14(13)12-21-8-6-15(7-9-21)20-17(23)11-19-16(22)10-18;;/h2-5,15H,6-12,18H2,1H3,(H,19,22)(H,20,23);2*1H. The molecule has 0 spiro atoms. The molecular formula is C17H28Cl2N4O2. The summed E-state index contributed by atoms with van der Waals surface area (Å²) in [7, 11) is 0. The van der Waals surface area contributed by atoms with E-state index in [9.17, 15) is 9.59 Å². The van der Waals surface area contributed by atoms with Crippen LogP contribution in [0.1, 0.15) is 24.0 Å². The molecule has 0 unspecified atom stereocenters. The lowest BCUT2D eigenvalue weighted by molar-refractivity contribution is -0.125. The first-order valence-corrected chi connectivity index (χ1v) is 8.11. The fraction of sp³-hybridized carbons (Fsp3) is 0.529. The van der Waals surface area contributed by atoms with E-state index in [4.69, 9.17) is 5.73 Å². The van der Waals surface area contributed by atoms with Crippen LogP contribution in [0.25, 0.3) is 0 Å². The Bertz CT molecular complexity index is 549. The van der Waals surface area contributed by atoms with Crippen LogP contribution in [0.3, 0.4) is 0 Å². The van der Waals surface area contributed by atoms with Gasteiger partial charge in [0, 0.05) is 25.7 Å². The molecule has 0 atom stereocenters. The Kier molecular flexibility index (Phi) is 11.4. The van der Waals surface area contributed by atoms with Crippen molar-refractivity contribution in [3.8, 4) is 0 Å². The number of piperidine rings is 1. The summed E-state index contributed by atoms with van der Waals surface area (Å²) in [5.74, 6) is -0.461. The molecule has 0 radical (unpaired) electrons. The van der Waals surface area contributed by atoms with Gasteiger partial charge in [0.25, 0.3) is 0 Å². The lowest BCUT2D eigenvalue weighted by Gasteiger charge is -2.32. The Morgan fingerprint density at radius 2 is 1.80 bits per heavy atom. The van der Waals surface area contributed by atoms with Gasteiger partial charge >= 0.3 is 0 Å². The van der Waals surface area contributed by atoms with Gasteiger partial charge in [0.2, 0.25) is 11.8 Å². The Hall–Kier alpha value is -1.34. The van der Waals surface area contributed by atoms with E-state index in [1.165, 1.54) is 11.1 Å². The Morgan fingerprint density at radius 1 is 1.16 bits per heavy atom. The van der Waals surface area contributed by atoms with Crippen LogP contribution in [-0.2, 0) is 16.1 Å². The number of amides is 2. The molecule has 2 rings (SSSR count). The topological polar surface area (TPSA) is 87.5 Å². The van der Waals surface area contributed by atoms with Gasteiger partial charge < -0.3 is 16.4 Å². The van der Waals surface area contributed by atoms with Gasteiger partial charge in [-0.2, -0.15) is 0 Å². The number of carbonyl (C=O) groups excluding carboxylic acids is 2. The van der Waals surface area contributed by atoms with Crippen LogP contribution in [0, 0.1) is 6.92 Å². The molecule has 0 bridgehead atoms. The predicted molar refractivity (Wildman–Crippen MR) is 104 cm³/mol. The molecule has 1 heterocycles. The summed E-state index contributed by atoms with van der Waals surface area (Å²) in [5, 5.41) is 5.46. The van der Waals surface area contributed by atoms with Crippen LogP contribution >= 0.6 is 24.8 Å². The van der Waals surface area contributed by atoms with Gasteiger partial charge in [0.15, 0.2) is 0 Å². The summed E-state index contributed by atoms with van der Waals surface area (Å²) in [6.07, 6.45) is 1.87. The van der Waals surface area contributed by atoms with E-state index in [0.717, 1.165) is 32.5 Å². The van der Waals surface area contributed by atoms with E-state index in [2.05, 4.69) is 46.7 Å². The quantitative estimate of drug-likeness (QED) is 0.675. The van der Waals surface area contributed by atoms with E-state index in [0.29, 0.717) is 0 Å². The molecule has 1 aromatic carbocycles. The van der Waals surface area contributed by atoms with Crippen molar-refractivity contribution < 1.29 is 9.59 Å². The van der Waals surface area contributed by atoms with Crippen molar-refractivity contribution >= 4 is 36.6 Å². The number of hydrogen-bond acceptors (Lipinski definition) is 4. The van der Waals surface area contributed by atoms with Crippen LogP contribution in [-0.4, -0.2) is 48.9 Å². The number of benzene rings is 1. The van der Waals surface area contributed by atoms with Crippen molar-refractivity contribution in [1.82, 2.24) is 15.5 Å². The highest BCUT2D eigenvalue weighted by atomic mass is 35.5. The molecule has 4 N–H and O–H groups in total. The average molecular weight is 391 g/mol. The molecule has 0 saturated carbocycles. The maximum atomic E-state index is 11.8. The fourth-order valence-electron chi connectivity index (χ4n) is 2.79. The normalized spacial score (nSPS) is 14.8. The third kappa shape index (κ3) is 8.05. The zero-order valence-electron chi connectivity index (χ0n) is 14.5. The number of hydrogen-bond donors (Lipinski definition) is 3. The summed E-state index contributed by atoms with van der Waals surface area (Å²) >= 11 is 0. The molecule has 0 aliphatic carbocycles. The second-order valence-electron chi connectivity index (χ2n) is 6.03. The van der Waals surface area contributed by atoms with Gasteiger partial charge in [0.05, 0.1) is 13.1 Å². The predicted octanol–water partition coefficient (Wildman–Crippen LogP) is 0.994. The lowest BCUT2D eigenvalue weighted by Crippen LogP contribution is -2.47. The summed E-state index contributed by atoms with van der Waals surface area (Å²) in [4.78, 5) is 25.2. The number of halogens is 2. The molecule has 0 aromatic heterocycles. The van der Waals surface area contributed by atoms with Gasteiger partial charge in [-0.05, 0) is 30.9 Å². The monoisotopic (exact) mass is 390 g/mol. The molecule has 1 aliphatic heterocycles. The van der Waals surface area contributed by atoms with Gasteiger partial charge in [-0.15, -0.1) is 24.8 Å². The van der Waals surface area contributed by atoms with E-state index in [1.54, 1.807) is 0 Å². The minimum absolute atomic E-state index is 0. The second kappa shape index (κ2) is 12.1. The van der Waals surface area contributed by atoms with Crippen molar-refractivity contribution in [2.75, 3.05) is 26.2 Å². The number of nitrogens with one attached hydrogen (secondary N) is 2. The molecule has 142 valence electrons. The van der Waals surface area contributed by atoms with Crippen molar-refractivity contribution in [3.63, 3.8) is 0 Å². The van der Waals surface area contributed by atoms with Crippen LogP contribution in [0.2, 0.25) is 0 Å². The number of nitrogens with zero attached hydrogens (tertiary/aromatic N) is 1. The molecule has 6 nitrogen and oxygen atoms in total. The number of aryl methyl sites for hydroxylation is 1. The molecule has 1 aromatic rings. The molecule has 8 heteroatoms. The highest BCUT2D eigenvalue weighted by Gasteiger charge is 2.21. The molecule has 1 aliphatic rings. The molecular weight excluding hydrogens is 363 g/mol. The molecule has 2 amide bonds. The first-order chi connectivity index (χ1) is 11.1. The number of rotatable bonds is 6. The number of likely N-dealkylation sites (tertiary alicyclic amines) is 1. The number of carbonyl (C=O) groups is 2. The molecule has 1 saturated heterocycles. The minimum atomic E-state index is -0.312. The zero-order valence-corrected chi connectivity index (χ0v) is 16.1. The maximum absolute atomic E-state index is 11.8. The summed E-state index contributed by atoms with van der Waals surface area (Å²) in [6.45, 7) is 4.94. The third-order valence-electron chi connectivity index (χ3n) is 4.24. The van der Waals surface area contributed by atoms with E-state index in [1.807, 2.05) is 0 Å². The largest absolute Gasteiger partial charge is 0.352 e. The van der Waals surface area contributed by atoms with Crippen molar-refractivity contribution in [2.24, 2.45) is 5.73 Å². The minimum Gasteiger partial charge on any atom is -0.352 e. The van der Waals surface area contributed by atoms with E-state index >= 15 is 0 Å². The highest BCUT2D eigenvalue weighted by molar-refractivity contribution is 5.86. The lowest BCUT2D eigenvalue weighted by atomic mass is 10.0. The Morgan fingerprint density at radius 3 is 2.40 bits per heavy atom. The van der Waals surface area contributed by atoms with Gasteiger partial charge in [0.1, 0.15) is 0 Å². The van der Waals surface area contributed by atoms with Crippen LogP contribution in [0.15, 0.2) is 24.3 Å². The van der Waals surface area contributed by atoms with E-state index in [-0.39, 0.29) is 55.8 Å². The van der Waals surface area contributed by atoms with Crippen molar-refractivity contribution in [1.29, 1.82) is 0 Å². The van der Waals surface area contributed by atoms with Gasteiger partial charge in [-0.25, -0.2) is 0 Å². The first kappa shape index (κ1) is 23.7. The van der Waals surface area contributed by atoms with Crippen LogP contribution in [0.4, 0.5) is 0 Å². The second-order valence-corrected chi connectivity index (χ2v) is 6.03. The third-order valence-corrected chi connectivity index (χ3v) is 4.24. The van der Waals surface area contributed by atoms with Crippen molar-refractivity contribution in [2.45, 2.75) is 32.4 Å². The molecule has 25 heavy (non-hydrogen) atoms. The maximum Gasteiger partial charge on any atom is 0.239 e. The smallest absolute Gasteiger partial charge is 0.239 e. The zero-order chi connectivity index (χ0) is 16.7. The van der Waals surface area contributed by atoms with Crippen LogP contribution < -0.4 is 16.4 Å². The Labute approximate surface area is 161 Å². The van der Waals surface area contributed by atoms with Gasteiger partial charge in [-0.1, -0.05) is 24.3 Å². The Balaban J connectivity index is 0.00000288. The van der Waals surface area contributed by atoms with Gasteiger partial charge in [-0.3, -0.25) is 14.5 Å². The average Bonchev–Trinajstić information content (AvgIpc) is 2.56.